The first-order valence-corrected chi connectivity index (χ1v) is 5.55. The maximum Gasteiger partial charge on any atom is 0.122 e. The van der Waals surface area contributed by atoms with Gasteiger partial charge in [0.1, 0.15) is 4.99 Å². The Hall–Kier alpha value is -1.88. The number of aromatic nitrogens is 1. The average Bonchev–Trinajstić information content (AvgIpc) is 2.82. The quantitative estimate of drug-likeness (QED) is 0.837. The van der Waals surface area contributed by atoms with Crippen LogP contribution in [-0.4, -0.2) is 17.0 Å². The Morgan fingerprint density at radius 3 is 2.82 bits per heavy atom. The molecule has 2 N–H and O–H groups in total. The van der Waals surface area contributed by atoms with E-state index in [1.165, 1.54) is 0 Å². The summed E-state index contributed by atoms with van der Waals surface area (Å²) in [6.45, 7) is 0.768. The van der Waals surface area contributed by atoms with Gasteiger partial charge < -0.3 is 15.1 Å². The van der Waals surface area contributed by atoms with Gasteiger partial charge in [0.05, 0.1) is 30.1 Å². The molecule has 0 aliphatic carbocycles. The minimum atomic E-state index is 0.314. The molecule has 17 heavy (non-hydrogen) atoms. The van der Waals surface area contributed by atoms with Gasteiger partial charge in [0.15, 0.2) is 0 Å². The minimum Gasteiger partial charge on any atom is -0.472 e. The van der Waals surface area contributed by atoms with Gasteiger partial charge in [0.25, 0.3) is 0 Å². The van der Waals surface area contributed by atoms with Crippen molar-refractivity contribution >= 4 is 22.9 Å². The van der Waals surface area contributed by atoms with E-state index in [9.17, 15) is 0 Å². The van der Waals surface area contributed by atoms with Crippen molar-refractivity contribution < 1.29 is 4.42 Å². The van der Waals surface area contributed by atoms with E-state index >= 15 is 0 Å². The molecule has 0 amide bonds. The number of rotatable bonds is 4. The maximum absolute atomic E-state index is 5.49. The van der Waals surface area contributed by atoms with Crippen LogP contribution in [0.15, 0.2) is 41.3 Å². The van der Waals surface area contributed by atoms with E-state index in [-0.39, 0.29) is 0 Å². The van der Waals surface area contributed by atoms with Gasteiger partial charge in [-0.15, -0.1) is 0 Å². The minimum absolute atomic E-state index is 0.314. The highest BCUT2D eigenvalue weighted by Crippen LogP contribution is 2.14. The Morgan fingerprint density at radius 2 is 2.29 bits per heavy atom. The van der Waals surface area contributed by atoms with E-state index in [0.717, 1.165) is 17.8 Å². The van der Waals surface area contributed by atoms with Crippen LogP contribution in [0.2, 0.25) is 0 Å². The zero-order valence-corrected chi connectivity index (χ0v) is 10.3. The fourth-order valence-corrected chi connectivity index (χ4v) is 1.63. The summed E-state index contributed by atoms with van der Waals surface area (Å²) < 4.78 is 5.03. The van der Waals surface area contributed by atoms with E-state index in [0.29, 0.717) is 10.7 Å². The molecule has 0 atom stereocenters. The van der Waals surface area contributed by atoms with Crippen LogP contribution < -0.4 is 10.6 Å². The standard InChI is InChI=1S/C12H13N3OS/c1-15(7-9-4-5-16-8-9)10-2-3-11(12(13)17)14-6-10/h2-6,8H,7H2,1H3,(H2,13,17). The smallest absolute Gasteiger partial charge is 0.122 e. The predicted octanol–water partition coefficient (Wildman–Crippen LogP) is 1.95. The third-order valence-electron chi connectivity index (χ3n) is 2.44. The molecule has 0 radical (unpaired) electrons. The molecule has 2 aromatic heterocycles. The second-order valence-electron chi connectivity index (χ2n) is 3.75. The van der Waals surface area contributed by atoms with Crippen LogP contribution in [-0.2, 0) is 6.54 Å². The van der Waals surface area contributed by atoms with Crippen molar-refractivity contribution in [3.63, 3.8) is 0 Å². The molecule has 0 aliphatic rings. The molecule has 0 saturated carbocycles. The molecule has 2 aromatic rings. The lowest BCUT2D eigenvalue weighted by molar-refractivity contribution is 0.563. The summed E-state index contributed by atoms with van der Waals surface area (Å²) in [5.74, 6) is 0. The molecule has 88 valence electrons. The van der Waals surface area contributed by atoms with Crippen LogP contribution in [0.3, 0.4) is 0 Å². The van der Waals surface area contributed by atoms with Crippen LogP contribution >= 0.6 is 12.2 Å². The van der Waals surface area contributed by atoms with Crippen LogP contribution in [0.1, 0.15) is 11.3 Å². The Labute approximate surface area is 105 Å². The number of nitrogens with zero attached hydrogens (tertiary/aromatic N) is 2. The van der Waals surface area contributed by atoms with Crippen molar-refractivity contribution in [1.29, 1.82) is 0 Å². The fourth-order valence-electron chi connectivity index (χ4n) is 1.51. The van der Waals surface area contributed by atoms with E-state index in [2.05, 4.69) is 9.88 Å². The summed E-state index contributed by atoms with van der Waals surface area (Å²) in [5.41, 5.74) is 8.25. The molecule has 0 aromatic carbocycles. The Balaban J connectivity index is 2.09. The average molecular weight is 247 g/mol. The largest absolute Gasteiger partial charge is 0.472 e. The highest BCUT2D eigenvalue weighted by atomic mass is 32.1. The fraction of sp³-hybridized carbons (Fsp3) is 0.167. The third kappa shape index (κ3) is 2.82. The topological polar surface area (TPSA) is 55.3 Å². The number of pyridine rings is 1. The Bertz CT molecular complexity index is 493. The van der Waals surface area contributed by atoms with Crippen LogP contribution in [0, 0.1) is 0 Å². The van der Waals surface area contributed by atoms with E-state index in [1.54, 1.807) is 18.7 Å². The first-order valence-electron chi connectivity index (χ1n) is 5.15. The van der Waals surface area contributed by atoms with E-state index in [4.69, 9.17) is 22.4 Å². The van der Waals surface area contributed by atoms with Gasteiger partial charge in [0, 0.05) is 19.2 Å². The monoisotopic (exact) mass is 247 g/mol. The first kappa shape index (κ1) is 11.6. The lowest BCUT2D eigenvalue weighted by Crippen LogP contribution is -2.17. The van der Waals surface area contributed by atoms with Crippen LogP contribution in [0.5, 0.6) is 0 Å². The summed E-state index contributed by atoms with van der Waals surface area (Å²) in [6, 6.07) is 5.71. The van der Waals surface area contributed by atoms with Crippen molar-refractivity contribution in [3.05, 3.63) is 48.2 Å². The lowest BCUT2D eigenvalue weighted by Gasteiger charge is -2.17. The molecular weight excluding hydrogens is 234 g/mol. The number of nitrogens with two attached hydrogens (primary N) is 1. The summed E-state index contributed by atoms with van der Waals surface area (Å²) >= 11 is 4.85. The third-order valence-corrected chi connectivity index (χ3v) is 2.65. The Kier molecular flexibility index (Phi) is 3.39. The zero-order valence-electron chi connectivity index (χ0n) is 9.46. The first-order chi connectivity index (χ1) is 8.16. The number of furan rings is 1. The predicted molar refractivity (Wildman–Crippen MR) is 70.9 cm³/mol. The summed E-state index contributed by atoms with van der Waals surface area (Å²) in [4.78, 5) is 6.58. The van der Waals surface area contributed by atoms with Crippen molar-refractivity contribution in [3.8, 4) is 0 Å². The molecule has 0 saturated heterocycles. The normalized spacial score (nSPS) is 10.2. The van der Waals surface area contributed by atoms with E-state index < -0.39 is 0 Å². The number of hydrogen-bond donors (Lipinski definition) is 1. The van der Waals surface area contributed by atoms with Crippen LogP contribution in [0.25, 0.3) is 0 Å². The van der Waals surface area contributed by atoms with E-state index in [1.807, 2.05) is 25.2 Å². The second kappa shape index (κ2) is 4.97. The lowest BCUT2D eigenvalue weighted by atomic mass is 10.3. The summed E-state index contributed by atoms with van der Waals surface area (Å²) in [7, 11) is 1.99. The van der Waals surface area contributed by atoms with Gasteiger partial charge >= 0.3 is 0 Å². The van der Waals surface area contributed by atoms with Crippen molar-refractivity contribution in [2.75, 3.05) is 11.9 Å². The molecule has 0 unspecified atom stereocenters. The number of anilines is 1. The molecule has 0 aliphatic heterocycles. The maximum atomic E-state index is 5.49. The van der Waals surface area contributed by atoms with Crippen molar-refractivity contribution in [1.82, 2.24) is 4.98 Å². The highest BCUT2D eigenvalue weighted by molar-refractivity contribution is 7.80. The number of hydrogen-bond acceptors (Lipinski definition) is 4. The molecule has 4 nitrogen and oxygen atoms in total. The molecule has 0 fully saturated rings. The molecule has 2 rings (SSSR count). The number of thiocarbonyl (C=S) groups is 1. The zero-order chi connectivity index (χ0) is 12.3. The SMILES string of the molecule is CN(Cc1ccoc1)c1ccc(C(N)=S)nc1. The highest BCUT2D eigenvalue weighted by Gasteiger charge is 2.04. The molecule has 0 bridgehead atoms. The van der Waals surface area contributed by atoms with Gasteiger partial charge in [-0.2, -0.15) is 0 Å². The van der Waals surface area contributed by atoms with Crippen molar-refractivity contribution in [2.45, 2.75) is 6.54 Å². The molecule has 0 spiro atoms. The van der Waals surface area contributed by atoms with Crippen LogP contribution in [0.4, 0.5) is 5.69 Å². The van der Waals surface area contributed by atoms with Gasteiger partial charge in [-0.25, -0.2) is 0 Å². The second-order valence-corrected chi connectivity index (χ2v) is 4.19. The van der Waals surface area contributed by atoms with Gasteiger partial charge in [0.2, 0.25) is 0 Å². The molecule has 2 heterocycles. The van der Waals surface area contributed by atoms with Gasteiger partial charge in [-0.3, -0.25) is 4.98 Å². The molecule has 5 heteroatoms. The van der Waals surface area contributed by atoms with Gasteiger partial charge in [-0.1, -0.05) is 12.2 Å². The Morgan fingerprint density at radius 1 is 1.47 bits per heavy atom. The molecular formula is C12H13N3OS. The van der Waals surface area contributed by atoms with Crippen molar-refractivity contribution in [2.24, 2.45) is 5.73 Å². The van der Waals surface area contributed by atoms with Gasteiger partial charge in [-0.05, 0) is 18.2 Å². The summed E-state index contributed by atoms with van der Waals surface area (Å²) in [5, 5.41) is 0. The summed E-state index contributed by atoms with van der Waals surface area (Å²) in [6.07, 6.45) is 5.15.